The van der Waals surface area contributed by atoms with Crippen molar-refractivity contribution in [3.63, 3.8) is 0 Å². The number of alkyl carbamates (subject to hydrolysis) is 1. The van der Waals surface area contributed by atoms with Gasteiger partial charge in [-0.05, 0) is 29.1 Å². The highest BCUT2D eigenvalue weighted by Gasteiger charge is 2.18. The molecular weight excluding hydrogens is 348 g/mol. The topological polar surface area (TPSA) is 103 Å². The average Bonchev–Trinajstić information content (AvgIpc) is 3.23. The van der Waals surface area contributed by atoms with Crippen LogP contribution in [0, 0.1) is 0 Å². The van der Waals surface area contributed by atoms with Gasteiger partial charge in [-0.1, -0.05) is 6.07 Å². The van der Waals surface area contributed by atoms with Gasteiger partial charge in [0, 0.05) is 0 Å². The normalized spacial score (nSPS) is 11.7. The summed E-state index contributed by atoms with van der Waals surface area (Å²) in [5.41, 5.74) is 0.938. The fourth-order valence-electron chi connectivity index (χ4n) is 2.20. The van der Waals surface area contributed by atoms with Crippen molar-refractivity contribution in [1.29, 1.82) is 0 Å². The molecule has 0 bridgehead atoms. The summed E-state index contributed by atoms with van der Waals surface area (Å²) in [4.78, 5) is 35.3. The monoisotopic (exact) mass is 362 g/mol. The summed E-state index contributed by atoms with van der Waals surface area (Å²) in [7, 11) is 1.16. The van der Waals surface area contributed by atoms with E-state index in [2.05, 4.69) is 10.1 Å². The standard InChI is InChI=1S/C16H14N2O6S/c1-22-16(21)18-14(20)10-4-5-25-15(10)17-13(19)7-9-2-3-11-12(6-9)24-8-23-11/h2-6H,7-8H2,1H3,(H,17,19)(H,18,20,21). The van der Waals surface area contributed by atoms with Crippen LogP contribution in [-0.2, 0) is 16.0 Å². The predicted molar refractivity (Wildman–Crippen MR) is 89.1 cm³/mol. The number of nitrogens with one attached hydrogen (secondary N) is 2. The van der Waals surface area contributed by atoms with E-state index >= 15 is 0 Å². The summed E-state index contributed by atoms with van der Waals surface area (Å²) >= 11 is 1.18. The van der Waals surface area contributed by atoms with Crippen molar-refractivity contribution in [3.05, 3.63) is 40.8 Å². The van der Waals surface area contributed by atoms with Gasteiger partial charge in [-0.3, -0.25) is 14.9 Å². The molecule has 0 radical (unpaired) electrons. The Kier molecular flexibility index (Phi) is 4.85. The third-order valence-electron chi connectivity index (χ3n) is 3.37. The molecule has 1 aromatic heterocycles. The van der Waals surface area contributed by atoms with Crippen molar-refractivity contribution in [3.8, 4) is 11.5 Å². The average molecular weight is 362 g/mol. The van der Waals surface area contributed by atoms with E-state index in [9.17, 15) is 14.4 Å². The van der Waals surface area contributed by atoms with Gasteiger partial charge in [0.2, 0.25) is 12.7 Å². The van der Waals surface area contributed by atoms with E-state index in [1.54, 1.807) is 23.6 Å². The van der Waals surface area contributed by atoms with Gasteiger partial charge in [0.25, 0.3) is 5.91 Å². The highest BCUT2D eigenvalue weighted by molar-refractivity contribution is 7.14. The van der Waals surface area contributed by atoms with Crippen LogP contribution in [0.15, 0.2) is 29.6 Å². The Labute approximate surface area is 146 Å². The highest BCUT2D eigenvalue weighted by atomic mass is 32.1. The summed E-state index contributed by atoms with van der Waals surface area (Å²) in [6.45, 7) is 0.166. The lowest BCUT2D eigenvalue weighted by atomic mass is 10.1. The lowest BCUT2D eigenvalue weighted by Gasteiger charge is -2.07. The fraction of sp³-hybridized carbons (Fsp3) is 0.188. The Morgan fingerprint density at radius 2 is 2.00 bits per heavy atom. The van der Waals surface area contributed by atoms with Crippen LogP contribution in [-0.4, -0.2) is 31.8 Å². The van der Waals surface area contributed by atoms with E-state index in [4.69, 9.17) is 9.47 Å². The zero-order valence-electron chi connectivity index (χ0n) is 13.2. The van der Waals surface area contributed by atoms with Gasteiger partial charge < -0.3 is 19.5 Å². The Morgan fingerprint density at radius 1 is 1.20 bits per heavy atom. The summed E-state index contributed by atoms with van der Waals surface area (Å²) in [6, 6.07) is 6.76. The van der Waals surface area contributed by atoms with E-state index in [0.717, 1.165) is 12.7 Å². The van der Waals surface area contributed by atoms with Crippen LogP contribution in [0.3, 0.4) is 0 Å². The maximum absolute atomic E-state index is 12.2. The van der Waals surface area contributed by atoms with Crippen molar-refractivity contribution in [1.82, 2.24) is 5.32 Å². The molecule has 0 fully saturated rings. The van der Waals surface area contributed by atoms with Crippen LogP contribution in [0.1, 0.15) is 15.9 Å². The minimum atomic E-state index is -0.867. The van der Waals surface area contributed by atoms with Crippen LogP contribution in [0.5, 0.6) is 11.5 Å². The molecule has 9 heteroatoms. The quantitative estimate of drug-likeness (QED) is 0.864. The molecule has 0 spiro atoms. The van der Waals surface area contributed by atoms with Gasteiger partial charge in [-0.25, -0.2) is 4.79 Å². The van der Waals surface area contributed by atoms with Gasteiger partial charge in [0.1, 0.15) is 5.00 Å². The minimum Gasteiger partial charge on any atom is -0.454 e. The first kappa shape index (κ1) is 16.8. The van der Waals surface area contributed by atoms with E-state index in [0.29, 0.717) is 16.5 Å². The largest absolute Gasteiger partial charge is 0.454 e. The number of anilines is 1. The summed E-state index contributed by atoms with van der Waals surface area (Å²) in [5, 5.41) is 6.72. The second-order valence-corrected chi connectivity index (χ2v) is 5.94. The molecule has 2 N–H and O–H groups in total. The van der Waals surface area contributed by atoms with E-state index in [-0.39, 0.29) is 24.7 Å². The number of imide groups is 1. The molecule has 0 saturated heterocycles. The number of fused-ring (bicyclic) bond motifs is 1. The molecule has 8 nitrogen and oxygen atoms in total. The predicted octanol–water partition coefficient (Wildman–Crippen LogP) is 2.15. The Morgan fingerprint density at radius 3 is 2.80 bits per heavy atom. The fourth-order valence-corrected chi connectivity index (χ4v) is 3.00. The zero-order chi connectivity index (χ0) is 17.8. The van der Waals surface area contributed by atoms with Gasteiger partial charge in [0.15, 0.2) is 11.5 Å². The van der Waals surface area contributed by atoms with Crippen molar-refractivity contribution >= 4 is 34.2 Å². The molecule has 1 aromatic carbocycles. The number of rotatable bonds is 4. The minimum absolute atomic E-state index is 0.104. The molecule has 130 valence electrons. The number of amides is 3. The maximum atomic E-state index is 12.2. The Bertz CT molecular complexity index is 832. The molecule has 25 heavy (non-hydrogen) atoms. The molecule has 0 aliphatic carbocycles. The number of hydrogen-bond donors (Lipinski definition) is 2. The van der Waals surface area contributed by atoms with Crippen molar-refractivity contribution < 1.29 is 28.6 Å². The van der Waals surface area contributed by atoms with Gasteiger partial charge in [0.05, 0.1) is 19.1 Å². The first-order valence-corrected chi connectivity index (χ1v) is 8.10. The van der Waals surface area contributed by atoms with E-state index in [1.807, 2.05) is 5.32 Å². The number of thiophene rings is 1. The van der Waals surface area contributed by atoms with Crippen LogP contribution in [0.4, 0.5) is 9.80 Å². The second kappa shape index (κ2) is 7.22. The molecule has 1 aliphatic rings. The molecule has 3 rings (SSSR count). The molecule has 0 unspecified atom stereocenters. The number of methoxy groups -OCH3 is 1. The number of hydrogen-bond acceptors (Lipinski definition) is 7. The summed E-state index contributed by atoms with van der Waals surface area (Å²) < 4.78 is 14.9. The third-order valence-corrected chi connectivity index (χ3v) is 4.20. The van der Waals surface area contributed by atoms with Crippen molar-refractivity contribution in [2.75, 3.05) is 19.2 Å². The molecule has 2 aromatic rings. The molecule has 2 heterocycles. The third kappa shape index (κ3) is 3.89. The molecule has 1 aliphatic heterocycles. The van der Waals surface area contributed by atoms with Crippen molar-refractivity contribution in [2.45, 2.75) is 6.42 Å². The lowest BCUT2D eigenvalue weighted by Crippen LogP contribution is -2.30. The Hall–Kier alpha value is -3.07. The van der Waals surface area contributed by atoms with Crippen LogP contribution in [0.2, 0.25) is 0 Å². The van der Waals surface area contributed by atoms with Gasteiger partial charge in [-0.15, -0.1) is 11.3 Å². The number of carbonyl (C=O) groups is 3. The highest BCUT2D eigenvalue weighted by Crippen LogP contribution is 2.32. The second-order valence-electron chi connectivity index (χ2n) is 5.02. The zero-order valence-corrected chi connectivity index (χ0v) is 14.0. The maximum Gasteiger partial charge on any atom is 0.413 e. The molecule has 0 atom stereocenters. The summed E-state index contributed by atoms with van der Waals surface area (Å²) in [6.07, 6.45) is -0.763. The van der Waals surface area contributed by atoms with Crippen LogP contribution < -0.4 is 20.1 Å². The smallest absolute Gasteiger partial charge is 0.413 e. The van der Waals surface area contributed by atoms with E-state index in [1.165, 1.54) is 17.4 Å². The van der Waals surface area contributed by atoms with Crippen LogP contribution in [0.25, 0.3) is 0 Å². The lowest BCUT2D eigenvalue weighted by molar-refractivity contribution is -0.115. The first-order valence-electron chi connectivity index (χ1n) is 7.22. The SMILES string of the molecule is COC(=O)NC(=O)c1ccsc1NC(=O)Cc1ccc2c(c1)OCO2. The van der Waals surface area contributed by atoms with Crippen LogP contribution >= 0.6 is 11.3 Å². The Balaban J connectivity index is 1.65. The van der Waals surface area contributed by atoms with E-state index < -0.39 is 12.0 Å². The number of carbonyl (C=O) groups excluding carboxylic acids is 3. The molecule has 0 saturated carbocycles. The molecule has 3 amide bonds. The van der Waals surface area contributed by atoms with Gasteiger partial charge in [-0.2, -0.15) is 0 Å². The molecular formula is C16H14N2O6S. The summed E-state index contributed by atoms with van der Waals surface area (Å²) in [5.74, 6) is 0.295. The number of benzene rings is 1. The van der Waals surface area contributed by atoms with Gasteiger partial charge >= 0.3 is 6.09 Å². The van der Waals surface area contributed by atoms with Crippen molar-refractivity contribution in [2.24, 2.45) is 0 Å². The number of ether oxygens (including phenoxy) is 3. The first-order chi connectivity index (χ1) is 12.1.